The van der Waals surface area contributed by atoms with Gasteiger partial charge in [-0.3, -0.25) is 0 Å². The number of ether oxygens (including phenoxy) is 1. The van der Waals surface area contributed by atoms with Gasteiger partial charge in [-0.05, 0) is 37.9 Å². The number of methoxy groups -OCH3 is 1. The van der Waals surface area contributed by atoms with Gasteiger partial charge in [-0.25, -0.2) is 4.39 Å². The van der Waals surface area contributed by atoms with E-state index in [1.807, 2.05) is 13.0 Å². The summed E-state index contributed by atoms with van der Waals surface area (Å²) in [6, 6.07) is 4.93. The Kier molecular flexibility index (Phi) is 7.72. The Balaban J connectivity index is 2.37. The number of benzene rings is 1. The quantitative estimate of drug-likeness (QED) is 0.582. The minimum absolute atomic E-state index is 0.230. The van der Waals surface area contributed by atoms with Crippen LogP contribution < -0.4 is 5.32 Å². The lowest BCUT2D eigenvalue weighted by Gasteiger charge is -2.06. The van der Waals surface area contributed by atoms with Crippen LogP contribution in [-0.2, 0) is 11.2 Å². The molecule has 0 heterocycles. The smallest absolute Gasteiger partial charge is 0.142 e. The number of halogens is 2. The molecule has 0 saturated carbocycles. The van der Waals surface area contributed by atoms with Gasteiger partial charge in [-0.15, -0.1) is 0 Å². The zero-order chi connectivity index (χ0) is 14.1. The van der Waals surface area contributed by atoms with Crippen molar-refractivity contribution in [2.45, 2.75) is 19.8 Å². The van der Waals surface area contributed by atoms with Crippen LogP contribution in [0.5, 0.6) is 0 Å². The monoisotopic (exact) mass is 285 g/mol. The maximum absolute atomic E-state index is 13.3. The molecule has 0 atom stereocenters. The van der Waals surface area contributed by atoms with Gasteiger partial charge < -0.3 is 10.1 Å². The Morgan fingerprint density at radius 3 is 2.95 bits per heavy atom. The van der Waals surface area contributed by atoms with Gasteiger partial charge in [0.05, 0.1) is 11.6 Å². The SMILES string of the molecule is COCCNCC/C=C(/C)Cc1cccc(F)c1Cl. The Labute approximate surface area is 119 Å². The standard InChI is InChI=1S/C15H21ClFNO/c1-12(5-4-8-18-9-10-19-2)11-13-6-3-7-14(17)15(13)16/h3,5-7,18H,4,8-11H2,1-2H3/b12-5-. The third-order valence-electron chi connectivity index (χ3n) is 2.80. The molecular formula is C15H21ClFNO. The second-order valence-electron chi connectivity index (χ2n) is 4.47. The summed E-state index contributed by atoms with van der Waals surface area (Å²) in [6.45, 7) is 4.54. The summed E-state index contributed by atoms with van der Waals surface area (Å²) in [5, 5.41) is 3.50. The molecular weight excluding hydrogens is 265 g/mol. The fraction of sp³-hybridized carbons (Fsp3) is 0.467. The molecule has 0 aliphatic carbocycles. The van der Waals surface area contributed by atoms with Gasteiger partial charge in [-0.2, -0.15) is 0 Å². The first-order chi connectivity index (χ1) is 9.15. The predicted molar refractivity (Wildman–Crippen MR) is 78.2 cm³/mol. The van der Waals surface area contributed by atoms with Crippen LogP contribution in [0.4, 0.5) is 4.39 Å². The molecule has 0 fully saturated rings. The maximum Gasteiger partial charge on any atom is 0.142 e. The Hall–Kier alpha value is -0.900. The lowest BCUT2D eigenvalue weighted by Crippen LogP contribution is -2.19. The molecule has 0 amide bonds. The van der Waals surface area contributed by atoms with Crippen LogP contribution in [-0.4, -0.2) is 26.8 Å². The van der Waals surface area contributed by atoms with E-state index in [2.05, 4.69) is 11.4 Å². The number of hydrogen-bond donors (Lipinski definition) is 1. The van der Waals surface area contributed by atoms with Gasteiger partial charge in [0, 0.05) is 13.7 Å². The van der Waals surface area contributed by atoms with Gasteiger partial charge >= 0.3 is 0 Å². The van der Waals surface area contributed by atoms with Crippen molar-refractivity contribution in [1.29, 1.82) is 0 Å². The molecule has 0 spiro atoms. The molecule has 0 aliphatic heterocycles. The van der Waals surface area contributed by atoms with Crippen LogP contribution in [0.25, 0.3) is 0 Å². The molecule has 0 saturated heterocycles. The van der Waals surface area contributed by atoms with Crippen molar-refractivity contribution in [2.24, 2.45) is 0 Å². The topological polar surface area (TPSA) is 21.3 Å². The molecule has 0 bridgehead atoms. The first-order valence-corrected chi connectivity index (χ1v) is 6.81. The van der Waals surface area contributed by atoms with Crippen LogP contribution in [0.1, 0.15) is 18.9 Å². The summed E-state index contributed by atoms with van der Waals surface area (Å²) in [5.41, 5.74) is 2.03. The van der Waals surface area contributed by atoms with E-state index in [1.165, 1.54) is 11.6 Å². The van der Waals surface area contributed by atoms with Crippen molar-refractivity contribution >= 4 is 11.6 Å². The second-order valence-corrected chi connectivity index (χ2v) is 4.85. The maximum atomic E-state index is 13.3. The highest BCUT2D eigenvalue weighted by molar-refractivity contribution is 6.31. The van der Waals surface area contributed by atoms with Crippen molar-refractivity contribution < 1.29 is 9.13 Å². The summed E-state index contributed by atoms with van der Waals surface area (Å²) >= 11 is 5.93. The molecule has 19 heavy (non-hydrogen) atoms. The van der Waals surface area contributed by atoms with E-state index in [0.717, 1.165) is 31.7 Å². The molecule has 1 aromatic rings. The van der Waals surface area contributed by atoms with Gasteiger partial charge in [0.15, 0.2) is 0 Å². The third kappa shape index (κ3) is 6.19. The zero-order valence-electron chi connectivity index (χ0n) is 11.5. The fourth-order valence-corrected chi connectivity index (χ4v) is 1.97. The molecule has 4 heteroatoms. The van der Waals surface area contributed by atoms with E-state index in [9.17, 15) is 4.39 Å². The van der Waals surface area contributed by atoms with E-state index in [-0.39, 0.29) is 10.8 Å². The molecule has 0 aromatic heterocycles. The molecule has 0 aliphatic rings. The minimum atomic E-state index is -0.354. The van der Waals surface area contributed by atoms with Crippen LogP contribution in [0, 0.1) is 5.82 Å². The predicted octanol–water partition coefficient (Wildman–Crippen LogP) is 3.59. The molecule has 1 N–H and O–H groups in total. The first kappa shape index (κ1) is 16.2. The van der Waals surface area contributed by atoms with E-state index in [1.54, 1.807) is 13.2 Å². The van der Waals surface area contributed by atoms with Crippen molar-refractivity contribution in [3.8, 4) is 0 Å². The summed E-state index contributed by atoms with van der Waals surface area (Å²) in [6.07, 6.45) is 3.79. The van der Waals surface area contributed by atoms with Gasteiger partial charge in [0.25, 0.3) is 0 Å². The minimum Gasteiger partial charge on any atom is -0.383 e. The average Bonchev–Trinajstić information content (AvgIpc) is 2.39. The number of hydrogen-bond acceptors (Lipinski definition) is 2. The van der Waals surface area contributed by atoms with Crippen LogP contribution in [0.3, 0.4) is 0 Å². The van der Waals surface area contributed by atoms with E-state index in [4.69, 9.17) is 16.3 Å². The van der Waals surface area contributed by atoms with E-state index in [0.29, 0.717) is 6.42 Å². The largest absolute Gasteiger partial charge is 0.383 e. The lowest BCUT2D eigenvalue weighted by molar-refractivity contribution is 0.199. The zero-order valence-corrected chi connectivity index (χ0v) is 12.3. The Bertz CT molecular complexity index is 421. The Morgan fingerprint density at radius 1 is 1.42 bits per heavy atom. The molecule has 106 valence electrons. The highest BCUT2D eigenvalue weighted by Gasteiger charge is 2.05. The summed E-state index contributed by atoms with van der Waals surface area (Å²) in [7, 11) is 1.69. The van der Waals surface area contributed by atoms with Crippen molar-refractivity contribution in [3.63, 3.8) is 0 Å². The van der Waals surface area contributed by atoms with Gasteiger partial charge in [0.1, 0.15) is 5.82 Å². The van der Waals surface area contributed by atoms with Crippen LogP contribution >= 0.6 is 11.6 Å². The normalized spacial score (nSPS) is 11.9. The van der Waals surface area contributed by atoms with Gasteiger partial charge in [-0.1, -0.05) is 35.4 Å². The average molecular weight is 286 g/mol. The molecule has 0 unspecified atom stereocenters. The first-order valence-electron chi connectivity index (χ1n) is 6.43. The lowest BCUT2D eigenvalue weighted by atomic mass is 10.1. The summed E-state index contributed by atoms with van der Waals surface area (Å²) < 4.78 is 18.2. The molecule has 1 aromatic carbocycles. The third-order valence-corrected chi connectivity index (χ3v) is 3.22. The highest BCUT2D eigenvalue weighted by atomic mass is 35.5. The second kappa shape index (κ2) is 9.08. The summed E-state index contributed by atoms with van der Waals surface area (Å²) in [4.78, 5) is 0. The van der Waals surface area contributed by atoms with Gasteiger partial charge in [0.2, 0.25) is 0 Å². The molecule has 0 radical (unpaired) electrons. The molecule has 1 rings (SSSR count). The fourth-order valence-electron chi connectivity index (χ4n) is 1.78. The molecule has 2 nitrogen and oxygen atoms in total. The summed E-state index contributed by atoms with van der Waals surface area (Å²) in [5.74, 6) is -0.354. The van der Waals surface area contributed by atoms with E-state index < -0.39 is 0 Å². The van der Waals surface area contributed by atoms with E-state index >= 15 is 0 Å². The number of rotatable bonds is 8. The number of nitrogens with one attached hydrogen (secondary N) is 1. The van der Waals surface area contributed by atoms with Crippen LogP contribution in [0.2, 0.25) is 5.02 Å². The van der Waals surface area contributed by atoms with Crippen molar-refractivity contribution in [2.75, 3.05) is 26.8 Å². The highest BCUT2D eigenvalue weighted by Crippen LogP contribution is 2.22. The van der Waals surface area contributed by atoms with Crippen molar-refractivity contribution in [1.82, 2.24) is 5.32 Å². The Morgan fingerprint density at radius 2 is 2.21 bits per heavy atom. The van der Waals surface area contributed by atoms with Crippen LogP contribution in [0.15, 0.2) is 29.8 Å². The number of allylic oxidation sites excluding steroid dienone is 1. The van der Waals surface area contributed by atoms with Crippen molar-refractivity contribution in [3.05, 3.63) is 46.3 Å².